The van der Waals surface area contributed by atoms with Crippen LogP contribution in [0.4, 0.5) is 0 Å². The highest BCUT2D eigenvalue weighted by atomic mass is 16.5. The van der Waals surface area contributed by atoms with Gasteiger partial charge in [0.25, 0.3) is 0 Å². The maximum absolute atomic E-state index is 12.3. The number of H-pyrrole nitrogens is 4. The average molecular weight is 1520 g/mol. The summed E-state index contributed by atoms with van der Waals surface area (Å²) in [6.45, 7) is 34.9. The Morgan fingerprint density at radius 3 is 1.12 bits per heavy atom. The van der Waals surface area contributed by atoms with Crippen LogP contribution in [0, 0.1) is 54.3 Å². The van der Waals surface area contributed by atoms with Gasteiger partial charge in [-0.05, 0) is 236 Å². The van der Waals surface area contributed by atoms with Crippen molar-refractivity contribution in [3.63, 3.8) is 0 Å². The Morgan fingerprint density at radius 2 is 0.784 bits per heavy atom. The van der Waals surface area contributed by atoms with E-state index in [1.54, 1.807) is 35.4 Å². The number of nitrogens with one attached hydrogen (secondary N) is 4. The quantitative estimate of drug-likeness (QED) is 0.0478. The topological polar surface area (TPSA) is 233 Å². The van der Waals surface area contributed by atoms with Gasteiger partial charge in [-0.2, -0.15) is 28.8 Å². The van der Waals surface area contributed by atoms with Crippen LogP contribution in [0.25, 0.3) is 43.6 Å². The molecule has 0 saturated carbocycles. The second-order valence-electron chi connectivity index (χ2n) is 30.5. The van der Waals surface area contributed by atoms with Gasteiger partial charge in [-0.25, -0.2) is 0 Å². The number of aromatic nitrogens is 4. The van der Waals surface area contributed by atoms with Crippen LogP contribution in [-0.2, 0) is 64.0 Å². The van der Waals surface area contributed by atoms with E-state index in [0.717, 1.165) is 189 Å². The summed E-state index contributed by atoms with van der Waals surface area (Å²) in [5, 5.41) is 4.78. The number of fused-ring (bicyclic) bond motifs is 20. The number of carbonyl (C=O) groups excluding carboxylic acids is 7. The summed E-state index contributed by atoms with van der Waals surface area (Å²) in [5.41, 5.74) is 20.0. The van der Waals surface area contributed by atoms with Crippen LogP contribution in [0.5, 0.6) is 17.2 Å². The van der Waals surface area contributed by atoms with Crippen molar-refractivity contribution in [3.8, 4) is 17.2 Å². The van der Waals surface area contributed by atoms with Crippen molar-refractivity contribution < 1.29 is 58.0 Å². The fraction of sp³-hybridized carbons (Fsp3) is 0.500. The summed E-state index contributed by atoms with van der Waals surface area (Å²) >= 11 is 0. The van der Waals surface area contributed by atoms with E-state index >= 15 is 0 Å². The molecule has 4 saturated heterocycles. The van der Waals surface area contributed by atoms with Gasteiger partial charge in [-0.1, -0.05) is 106 Å². The molecule has 8 aliphatic heterocycles. The molecule has 0 amide bonds. The van der Waals surface area contributed by atoms with E-state index in [-0.39, 0.29) is 30.2 Å². The molecule has 19 heteroatoms. The summed E-state index contributed by atoms with van der Waals surface area (Å²) in [6, 6.07) is 21.9. The standard InChI is InChI=1S/C23H30N2O.C22H30N2O2.C22H30N2O.C22H28N2O.3CO2/c1-5-16-13-25-11-10-18-22-14(3)8-7-9-20(22)24-23(18)21(25)12-19(16)17(6-2)15(4)26;1-5-15-12-24-10-9-16-21-18(7-6-8-20(21)26-4)23-22(16)19(24)11-17(15)14(2)13-25-3;2*1-5-14(3)17-12-19-22-16(10-11-24(19)13-15(17)6-2)21-18(23-22)8-7-9-20(21)25-4;3*2-1-3/h6-9,16,19,21,24H,5,10-13H2,1-4H3;6-8,13,15,17,19,23H,5,9-12H2,1-4H3;5,7-9,15,17,19,23H,6,10-13H2,1-4H3;5-9,15,17,19,23H,2,10-13H2,1,3-4H3;;;/b17-6-;14-13-;2*14-5-;;;/t16-,19+,21-;15-,17+,19-;15-,17-,19+;15-,17+,19-;;;/m1010.../s1/i21D;3*19D;;;. The number of allylic oxidation sites excluding steroid dienone is 7. The highest BCUT2D eigenvalue weighted by Crippen LogP contribution is 2.52. The number of Topliss-reactive ketones (excluding diaryl/α,β-unsaturated/α-hetero) is 1. The molecular weight excluding hydrogens is 1390 g/mol. The summed E-state index contributed by atoms with van der Waals surface area (Å²) in [7, 11) is 6.89. The normalized spacial score (nSPS) is 28.0. The molecule has 4 aromatic carbocycles. The van der Waals surface area contributed by atoms with Crippen molar-refractivity contribution in [2.45, 2.75) is 171 Å². The van der Waals surface area contributed by atoms with Crippen molar-refractivity contribution in [2.24, 2.45) is 47.3 Å². The van der Waals surface area contributed by atoms with E-state index < -0.39 is 24.1 Å². The lowest BCUT2D eigenvalue weighted by Gasteiger charge is -2.46. The van der Waals surface area contributed by atoms with E-state index in [9.17, 15) is 10.3 Å². The number of aryl methyl sites for hydroxylation is 1. The first-order valence-corrected chi connectivity index (χ1v) is 39.6. The zero-order chi connectivity index (χ0) is 83.6. The minimum atomic E-state index is -0.779. The zero-order valence-corrected chi connectivity index (χ0v) is 67.9. The number of carbonyl (C=O) groups is 1. The third-order valence-electron chi connectivity index (χ3n) is 25.3. The molecule has 4 aromatic heterocycles. The van der Waals surface area contributed by atoms with E-state index in [0.29, 0.717) is 47.8 Å². The summed E-state index contributed by atoms with van der Waals surface area (Å²) in [5.74, 6) is 6.30. The Hall–Kier alpha value is -9.41. The molecule has 4 N–H and O–H groups in total. The van der Waals surface area contributed by atoms with Gasteiger partial charge in [-0.15, -0.1) is 6.58 Å². The Labute approximate surface area is 661 Å². The van der Waals surface area contributed by atoms with Gasteiger partial charge in [0.1, 0.15) is 17.2 Å². The molecule has 16 rings (SSSR count). The Bertz CT molecular complexity index is 5020. The largest absolute Gasteiger partial charge is 0.504 e. The molecule has 0 spiro atoms. The number of ketones is 1. The van der Waals surface area contributed by atoms with E-state index in [1.807, 2.05) is 55.7 Å². The minimum Gasteiger partial charge on any atom is -0.504 e. The van der Waals surface area contributed by atoms with Crippen molar-refractivity contribution in [2.75, 3.05) is 80.8 Å². The molecule has 19 nitrogen and oxygen atoms in total. The molecular formula is C92H118N8O11. The number of hydrogen-bond donors (Lipinski definition) is 4. The molecule has 0 radical (unpaired) electrons. The van der Waals surface area contributed by atoms with Crippen LogP contribution in [0.15, 0.2) is 132 Å². The van der Waals surface area contributed by atoms with Crippen LogP contribution in [-0.4, -0.2) is 145 Å². The first-order valence-electron chi connectivity index (χ1n) is 41.6. The van der Waals surface area contributed by atoms with Crippen LogP contribution in [0.3, 0.4) is 0 Å². The molecule has 8 aliphatic rings. The highest BCUT2D eigenvalue weighted by molar-refractivity contribution is 5.95. The predicted octanol–water partition coefficient (Wildman–Crippen LogP) is 17.8. The monoisotopic (exact) mass is 1510 g/mol. The van der Waals surface area contributed by atoms with Gasteiger partial charge in [0.05, 0.1) is 64.3 Å². The zero-order valence-electron chi connectivity index (χ0n) is 71.9. The van der Waals surface area contributed by atoms with Gasteiger partial charge >= 0.3 is 18.5 Å². The average Bonchev–Trinajstić information content (AvgIpc) is 1.26. The van der Waals surface area contributed by atoms with Gasteiger partial charge in [-0.3, -0.25) is 24.4 Å². The third kappa shape index (κ3) is 17.3. The Morgan fingerprint density at radius 1 is 0.468 bits per heavy atom. The lowest BCUT2D eigenvalue weighted by atomic mass is 9.73. The van der Waals surface area contributed by atoms with Crippen LogP contribution < -0.4 is 14.2 Å². The van der Waals surface area contributed by atoms with E-state index in [2.05, 4.69) is 163 Å². The van der Waals surface area contributed by atoms with Crippen LogP contribution in [0.2, 0.25) is 0 Å². The Balaban J connectivity index is 0.000000156. The maximum Gasteiger partial charge on any atom is 0.373 e. The smallest absolute Gasteiger partial charge is 0.373 e. The summed E-state index contributed by atoms with van der Waals surface area (Å²) in [6.07, 6.45) is 21.5. The fourth-order valence-electron chi connectivity index (χ4n) is 19.6. The van der Waals surface area contributed by atoms with Crippen molar-refractivity contribution in [3.05, 3.63) is 183 Å². The number of aromatic amines is 4. The fourth-order valence-corrected chi connectivity index (χ4v) is 19.6. The van der Waals surface area contributed by atoms with E-state index in [4.69, 9.17) is 47.7 Å². The number of ether oxygens (including phenoxy) is 4. The maximum atomic E-state index is 12.3. The van der Waals surface area contributed by atoms with Crippen LogP contribution >= 0.6 is 0 Å². The lowest BCUT2D eigenvalue weighted by Crippen LogP contribution is -2.46. The number of nitrogens with zero attached hydrogens (tertiary/aromatic N) is 4. The van der Waals surface area contributed by atoms with Gasteiger partial charge < -0.3 is 38.9 Å². The molecule has 0 aliphatic carbocycles. The molecule has 0 bridgehead atoms. The SMILES string of the molecule is O=C=O.O=C=O.O=C=O.[2H][C@@]12C[C@H](/C(C)=C\C)[C@@H](C=C)CN1CCc1c2[nH]c2cccc(OC)c12.[2H][C@@]12C[C@H](/C(C)=C\C)[C@H](CC)CN1CCc1c2[nH]c2cccc(OC)c12.[2H][C@@]12C[C@H](/C(C)=C\OC)[C@@H](CC)CN1CCc1c2[nH]c2cccc(OC)c12.[2H][C@]12C[C@H](/C(=C\C)C(C)=O)[C@H](CC)CN1CCc1c2[nH]c2cccc(C)c12. The molecule has 12 atom stereocenters. The minimum absolute atomic E-state index is 0.154. The number of rotatable bonds is 13. The third-order valence-corrected chi connectivity index (χ3v) is 25.3. The first kappa shape index (κ1) is 78.3. The molecule has 4 fully saturated rings. The second-order valence-corrected chi connectivity index (χ2v) is 30.5. The van der Waals surface area contributed by atoms with Crippen LogP contribution in [0.1, 0.15) is 194 Å². The number of hydrogen-bond acceptors (Lipinski definition) is 15. The van der Waals surface area contributed by atoms with Crippen molar-refractivity contribution in [1.82, 2.24) is 39.5 Å². The molecule has 12 heterocycles. The van der Waals surface area contributed by atoms with Crippen molar-refractivity contribution >= 4 is 67.8 Å². The number of benzene rings is 4. The van der Waals surface area contributed by atoms with Crippen molar-refractivity contribution in [1.29, 1.82) is 0 Å². The predicted molar refractivity (Wildman–Crippen MR) is 436 cm³/mol. The molecule has 592 valence electrons. The number of methoxy groups -OCH3 is 4. The van der Waals surface area contributed by atoms with Gasteiger partial charge in [0, 0.05) is 119 Å². The lowest BCUT2D eigenvalue weighted by molar-refractivity contribution is -0.193. The van der Waals surface area contributed by atoms with E-state index in [1.165, 1.54) is 61.7 Å². The molecule has 111 heavy (non-hydrogen) atoms. The van der Waals surface area contributed by atoms with Gasteiger partial charge in [0.15, 0.2) is 5.78 Å². The Kier molecular flexibility index (Phi) is 27.3. The molecule has 8 aromatic rings. The summed E-state index contributed by atoms with van der Waals surface area (Å²) in [4.78, 5) is 84.9. The summed E-state index contributed by atoms with van der Waals surface area (Å²) < 4.78 is 60.2. The molecule has 0 unspecified atom stereocenters. The highest BCUT2D eigenvalue weighted by Gasteiger charge is 2.45. The van der Waals surface area contributed by atoms with Gasteiger partial charge in [0.2, 0.25) is 0 Å². The first-order chi connectivity index (χ1) is 55.2. The second kappa shape index (κ2) is 38.7. The number of piperidine rings is 4.